The van der Waals surface area contributed by atoms with Crippen LogP contribution in [0.25, 0.3) is 22.3 Å². The molecule has 0 saturated carbocycles. The maximum atomic E-state index is 2.48. The van der Waals surface area contributed by atoms with Gasteiger partial charge in [-0.2, -0.15) is 0 Å². The summed E-state index contributed by atoms with van der Waals surface area (Å²) in [4.78, 5) is 0. The first-order valence-electron chi connectivity index (χ1n) is 11.9. The first-order chi connectivity index (χ1) is 15.1. The average molecular weight is 419 g/mol. The second-order valence-electron chi connectivity index (χ2n) is 11.5. The summed E-state index contributed by atoms with van der Waals surface area (Å²) in [5, 5.41) is 0. The van der Waals surface area contributed by atoms with E-state index in [0.29, 0.717) is 0 Å². The number of allylic oxidation sites excluding steroid dienone is 4. The van der Waals surface area contributed by atoms with Crippen molar-refractivity contribution >= 4 is 11.1 Å². The maximum Gasteiger partial charge on any atom is -0.000739 e. The van der Waals surface area contributed by atoms with Gasteiger partial charge in [-0.3, -0.25) is 0 Å². The molecule has 0 N–H and O–H groups in total. The maximum absolute atomic E-state index is 2.48. The molecule has 0 unspecified atom stereocenters. The van der Waals surface area contributed by atoms with E-state index in [9.17, 15) is 0 Å². The minimum absolute atomic E-state index is 0.114. The number of benzene rings is 3. The SMILES string of the molecule is CC(C)(C)c1ccc2c(c1)-c1cc(C(C)(C)C)cc(C3=CC(c4ccccc4)=CC3)c1C2. The van der Waals surface area contributed by atoms with Crippen LogP contribution in [0.3, 0.4) is 0 Å². The quantitative estimate of drug-likeness (QED) is 0.305. The molecule has 0 aromatic heterocycles. The number of fused-ring (bicyclic) bond motifs is 3. The first kappa shape index (κ1) is 21.0. The van der Waals surface area contributed by atoms with Crippen molar-refractivity contribution in [3.05, 3.63) is 106 Å². The van der Waals surface area contributed by atoms with Gasteiger partial charge in [-0.15, -0.1) is 0 Å². The van der Waals surface area contributed by atoms with Gasteiger partial charge in [-0.05, 0) is 79.3 Å². The van der Waals surface area contributed by atoms with Crippen molar-refractivity contribution in [2.45, 2.75) is 65.2 Å². The highest BCUT2D eigenvalue weighted by Gasteiger charge is 2.28. The van der Waals surface area contributed by atoms with Crippen LogP contribution in [-0.4, -0.2) is 0 Å². The lowest BCUT2D eigenvalue weighted by atomic mass is 9.81. The molecule has 5 rings (SSSR count). The molecule has 0 nitrogen and oxygen atoms in total. The highest BCUT2D eigenvalue weighted by atomic mass is 14.3. The summed E-state index contributed by atoms with van der Waals surface area (Å²) in [5.74, 6) is 0. The Morgan fingerprint density at radius 2 is 1.31 bits per heavy atom. The highest BCUT2D eigenvalue weighted by Crippen LogP contribution is 2.46. The van der Waals surface area contributed by atoms with E-state index in [1.807, 2.05) is 0 Å². The van der Waals surface area contributed by atoms with Crippen molar-refractivity contribution in [1.29, 1.82) is 0 Å². The van der Waals surface area contributed by atoms with Gasteiger partial charge < -0.3 is 0 Å². The topological polar surface area (TPSA) is 0 Å². The minimum atomic E-state index is 0.114. The van der Waals surface area contributed by atoms with E-state index < -0.39 is 0 Å². The van der Waals surface area contributed by atoms with E-state index in [4.69, 9.17) is 0 Å². The second kappa shape index (κ2) is 7.34. The van der Waals surface area contributed by atoms with Crippen LogP contribution in [0.4, 0.5) is 0 Å². The van der Waals surface area contributed by atoms with Gasteiger partial charge >= 0.3 is 0 Å². The zero-order valence-corrected chi connectivity index (χ0v) is 20.3. The zero-order valence-electron chi connectivity index (χ0n) is 20.3. The van der Waals surface area contributed by atoms with E-state index in [-0.39, 0.29) is 10.8 Å². The van der Waals surface area contributed by atoms with Gasteiger partial charge in [0.15, 0.2) is 0 Å². The van der Waals surface area contributed by atoms with Gasteiger partial charge in [-0.1, -0.05) is 114 Å². The van der Waals surface area contributed by atoms with Crippen molar-refractivity contribution < 1.29 is 0 Å². The molecule has 0 fully saturated rings. The summed E-state index contributed by atoms with van der Waals surface area (Å²) >= 11 is 0. The molecule has 0 spiro atoms. The lowest BCUT2D eigenvalue weighted by Gasteiger charge is -2.23. The second-order valence-corrected chi connectivity index (χ2v) is 11.5. The van der Waals surface area contributed by atoms with Crippen LogP contribution in [0.5, 0.6) is 0 Å². The zero-order chi connectivity index (χ0) is 22.7. The van der Waals surface area contributed by atoms with Gasteiger partial charge in [0, 0.05) is 0 Å². The molecule has 2 aliphatic rings. The molecule has 32 heavy (non-hydrogen) atoms. The summed E-state index contributed by atoms with van der Waals surface area (Å²) in [6.45, 7) is 13.9. The van der Waals surface area contributed by atoms with Gasteiger partial charge in [0.2, 0.25) is 0 Å². The molecule has 0 bridgehead atoms. The summed E-state index contributed by atoms with van der Waals surface area (Å²) < 4.78 is 0. The van der Waals surface area contributed by atoms with E-state index in [1.165, 1.54) is 55.7 Å². The van der Waals surface area contributed by atoms with Crippen LogP contribution in [0, 0.1) is 0 Å². The number of hydrogen-bond donors (Lipinski definition) is 0. The molecular formula is C32H34. The standard InChI is InChI=1S/C32H34/c1-31(2,3)25-15-14-24-17-29-28(19-26(32(4,5)6)20-30(29)27(24)18-25)23-13-12-22(16-23)21-10-8-7-9-11-21/h7-12,14-16,18-20H,13,17H2,1-6H3. The van der Waals surface area contributed by atoms with Crippen molar-refractivity contribution in [2.75, 3.05) is 0 Å². The largest absolute Gasteiger partial charge is 0.0722 e. The monoisotopic (exact) mass is 418 g/mol. The molecule has 0 radical (unpaired) electrons. The van der Waals surface area contributed by atoms with Crippen molar-refractivity contribution in [2.24, 2.45) is 0 Å². The predicted molar refractivity (Wildman–Crippen MR) is 139 cm³/mol. The molecule has 3 aromatic carbocycles. The van der Waals surface area contributed by atoms with Crippen LogP contribution in [0.1, 0.15) is 81.3 Å². The summed E-state index contributed by atoms with van der Waals surface area (Å²) in [6, 6.07) is 22.9. The van der Waals surface area contributed by atoms with Crippen LogP contribution in [-0.2, 0) is 17.3 Å². The van der Waals surface area contributed by atoms with E-state index in [0.717, 1.165) is 12.8 Å². The van der Waals surface area contributed by atoms with Crippen LogP contribution in [0.2, 0.25) is 0 Å². The van der Waals surface area contributed by atoms with Gasteiger partial charge in [0.25, 0.3) is 0 Å². The lowest BCUT2D eigenvalue weighted by Crippen LogP contribution is -2.12. The number of rotatable bonds is 2. The fourth-order valence-electron chi connectivity index (χ4n) is 5.01. The highest BCUT2D eigenvalue weighted by molar-refractivity contribution is 5.93. The Hall–Kier alpha value is -2.86. The van der Waals surface area contributed by atoms with Crippen molar-refractivity contribution in [1.82, 2.24) is 0 Å². The fraction of sp³-hybridized carbons (Fsp3) is 0.312. The van der Waals surface area contributed by atoms with Crippen LogP contribution in [0.15, 0.2) is 72.8 Å². The van der Waals surface area contributed by atoms with Crippen molar-refractivity contribution in [3.8, 4) is 11.1 Å². The predicted octanol–water partition coefficient (Wildman–Crippen LogP) is 8.72. The summed E-state index contributed by atoms with van der Waals surface area (Å²) in [6.07, 6.45) is 6.85. The Bertz CT molecular complexity index is 1250. The molecule has 0 saturated heterocycles. The Balaban J connectivity index is 1.66. The summed E-state index contributed by atoms with van der Waals surface area (Å²) in [7, 11) is 0. The van der Waals surface area contributed by atoms with E-state index >= 15 is 0 Å². The average Bonchev–Trinajstić information content (AvgIpc) is 3.37. The molecule has 2 aliphatic carbocycles. The Kier molecular flexibility index (Phi) is 4.82. The third-order valence-corrected chi connectivity index (χ3v) is 7.07. The van der Waals surface area contributed by atoms with Gasteiger partial charge in [0.1, 0.15) is 0 Å². The Morgan fingerprint density at radius 1 is 0.656 bits per heavy atom. The van der Waals surface area contributed by atoms with E-state index in [2.05, 4.69) is 114 Å². The Labute approximate surface area is 193 Å². The minimum Gasteiger partial charge on any atom is -0.0722 e. The Morgan fingerprint density at radius 3 is 2.00 bits per heavy atom. The van der Waals surface area contributed by atoms with Gasteiger partial charge in [0.05, 0.1) is 0 Å². The third-order valence-electron chi connectivity index (χ3n) is 7.07. The molecule has 0 aliphatic heterocycles. The van der Waals surface area contributed by atoms with Gasteiger partial charge in [-0.25, -0.2) is 0 Å². The number of hydrogen-bond acceptors (Lipinski definition) is 0. The van der Waals surface area contributed by atoms with Crippen molar-refractivity contribution in [3.63, 3.8) is 0 Å². The van der Waals surface area contributed by atoms with Crippen LogP contribution >= 0.6 is 0 Å². The molecule has 0 heteroatoms. The molecule has 3 aromatic rings. The molecule has 0 atom stereocenters. The first-order valence-corrected chi connectivity index (χ1v) is 11.9. The summed E-state index contributed by atoms with van der Waals surface area (Å²) in [5.41, 5.74) is 14.5. The van der Waals surface area contributed by atoms with Crippen LogP contribution < -0.4 is 0 Å². The smallest absolute Gasteiger partial charge is 0.000739 e. The fourth-order valence-corrected chi connectivity index (χ4v) is 5.01. The third kappa shape index (κ3) is 3.66. The lowest BCUT2D eigenvalue weighted by molar-refractivity contribution is 0.589. The molecular weight excluding hydrogens is 384 g/mol. The molecule has 0 amide bonds. The van der Waals surface area contributed by atoms with E-state index in [1.54, 1.807) is 0 Å². The molecule has 162 valence electrons. The molecule has 0 heterocycles. The normalized spacial score (nSPS) is 15.3.